The molecule has 4 heteroatoms. The van der Waals surface area contributed by atoms with Gasteiger partial charge in [0.05, 0.1) is 5.92 Å². The SMILES string of the molecule is C1=CC2=Cc3c(oc4cc(-c5ccc(-c6nc(-c7ccccc7)nc(-c7ccccc7)n6)cc5)ccc34)C(c3ccc4ccccc4c3)C2C=C1. The first-order valence-corrected chi connectivity index (χ1v) is 17.3. The second kappa shape index (κ2) is 12.0. The van der Waals surface area contributed by atoms with Crippen LogP contribution in [0.3, 0.4) is 0 Å². The number of hydrogen-bond donors (Lipinski definition) is 0. The van der Waals surface area contributed by atoms with Crippen LogP contribution in [0.5, 0.6) is 0 Å². The van der Waals surface area contributed by atoms with Crippen LogP contribution in [0.15, 0.2) is 180 Å². The van der Waals surface area contributed by atoms with E-state index in [0.717, 1.165) is 44.5 Å². The Kier molecular flexibility index (Phi) is 6.91. The molecule has 6 aromatic carbocycles. The molecule has 2 aromatic heterocycles. The van der Waals surface area contributed by atoms with E-state index >= 15 is 0 Å². The number of aromatic nitrogens is 3. The zero-order valence-electron chi connectivity index (χ0n) is 27.6. The lowest BCUT2D eigenvalue weighted by Crippen LogP contribution is -2.19. The van der Waals surface area contributed by atoms with Crippen molar-refractivity contribution in [2.45, 2.75) is 5.92 Å². The Labute approximate surface area is 295 Å². The fraction of sp³-hybridized carbons (Fsp3) is 0.0426. The summed E-state index contributed by atoms with van der Waals surface area (Å²) in [6, 6.07) is 50.6. The predicted molar refractivity (Wildman–Crippen MR) is 207 cm³/mol. The minimum atomic E-state index is 0.0860. The molecule has 0 bridgehead atoms. The Bertz CT molecular complexity index is 2630. The zero-order chi connectivity index (χ0) is 33.7. The van der Waals surface area contributed by atoms with Crippen LogP contribution < -0.4 is 0 Å². The van der Waals surface area contributed by atoms with Gasteiger partial charge in [0.2, 0.25) is 0 Å². The lowest BCUT2D eigenvalue weighted by Gasteiger charge is -2.30. The van der Waals surface area contributed by atoms with Crippen molar-refractivity contribution in [3.8, 4) is 45.3 Å². The number of hydrogen-bond acceptors (Lipinski definition) is 4. The van der Waals surface area contributed by atoms with Crippen LogP contribution in [0.2, 0.25) is 0 Å². The second-order valence-electron chi connectivity index (χ2n) is 13.2. The molecule has 0 amide bonds. The molecule has 0 N–H and O–H groups in total. The van der Waals surface area contributed by atoms with Crippen molar-refractivity contribution in [3.63, 3.8) is 0 Å². The average Bonchev–Trinajstić information content (AvgIpc) is 3.57. The van der Waals surface area contributed by atoms with E-state index in [0.29, 0.717) is 17.5 Å². The minimum Gasteiger partial charge on any atom is -0.460 e. The van der Waals surface area contributed by atoms with E-state index in [1.807, 2.05) is 60.7 Å². The van der Waals surface area contributed by atoms with Crippen molar-refractivity contribution >= 4 is 27.8 Å². The summed E-state index contributed by atoms with van der Waals surface area (Å²) < 4.78 is 6.85. The third-order valence-electron chi connectivity index (χ3n) is 10.1. The third kappa shape index (κ3) is 5.20. The maximum absolute atomic E-state index is 6.85. The molecule has 0 spiro atoms. The second-order valence-corrected chi connectivity index (χ2v) is 13.2. The standard InChI is InChI=1S/C47H31N3O/c1-3-12-32(13-4-1)45-48-46(33-14-5-2-6-15-33)50-47(49-45)34-22-19-31(20-23-34)36-25-26-40-41-28-37-17-9-10-18-39(37)43(44(41)51-42(40)29-36)38-24-21-30-11-7-8-16-35(30)27-38/h1-29,39,43H. The van der Waals surface area contributed by atoms with E-state index in [1.165, 1.54) is 27.5 Å². The van der Waals surface area contributed by atoms with Crippen molar-refractivity contribution in [2.75, 3.05) is 0 Å². The lowest BCUT2D eigenvalue weighted by molar-refractivity contribution is 0.480. The number of nitrogens with zero attached hydrogens (tertiary/aromatic N) is 3. The molecule has 2 atom stereocenters. The van der Waals surface area contributed by atoms with Gasteiger partial charge in [-0.2, -0.15) is 0 Å². The first kappa shape index (κ1) is 29.3. The van der Waals surface area contributed by atoms with Crippen molar-refractivity contribution < 1.29 is 4.42 Å². The molecule has 2 aliphatic carbocycles. The number of allylic oxidation sites excluding steroid dienone is 5. The third-order valence-corrected chi connectivity index (χ3v) is 10.1. The Morgan fingerprint density at radius 3 is 1.80 bits per heavy atom. The quantitative estimate of drug-likeness (QED) is 0.185. The van der Waals surface area contributed by atoms with Gasteiger partial charge in [0.15, 0.2) is 17.5 Å². The highest BCUT2D eigenvalue weighted by atomic mass is 16.3. The summed E-state index contributed by atoms with van der Waals surface area (Å²) in [6.07, 6.45) is 11.2. The van der Waals surface area contributed by atoms with Crippen LogP contribution in [0.4, 0.5) is 0 Å². The van der Waals surface area contributed by atoms with Crippen molar-refractivity contribution in [3.05, 3.63) is 192 Å². The van der Waals surface area contributed by atoms with Gasteiger partial charge < -0.3 is 4.42 Å². The van der Waals surface area contributed by atoms with Gasteiger partial charge in [-0.15, -0.1) is 0 Å². The number of furan rings is 1. The fourth-order valence-electron chi connectivity index (χ4n) is 7.55. The first-order valence-electron chi connectivity index (χ1n) is 17.3. The van der Waals surface area contributed by atoms with Gasteiger partial charge in [-0.3, -0.25) is 0 Å². The highest BCUT2D eigenvalue weighted by molar-refractivity contribution is 5.94. The van der Waals surface area contributed by atoms with Crippen LogP contribution in [0, 0.1) is 5.92 Å². The summed E-state index contributed by atoms with van der Waals surface area (Å²) in [5.74, 6) is 3.27. The Balaban J connectivity index is 1.03. The molecule has 51 heavy (non-hydrogen) atoms. The van der Waals surface area contributed by atoms with E-state index in [2.05, 4.69) is 115 Å². The van der Waals surface area contributed by atoms with Crippen LogP contribution in [0.25, 0.3) is 73.1 Å². The summed E-state index contributed by atoms with van der Waals surface area (Å²) in [6.45, 7) is 0. The molecule has 10 rings (SSSR count). The van der Waals surface area contributed by atoms with Gasteiger partial charge in [0, 0.05) is 33.6 Å². The molecule has 0 aliphatic heterocycles. The van der Waals surface area contributed by atoms with Gasteiger partial charge in [0.25, 0.3) is 0 Å². The van der Waals surface area contributed by atoms with Crippen molar-refractivity contribution in [1.82, 2.24) is 15.0 Å². The van der Waals surface area contributed by atoms with Gasteiger partial charge in [-0.25, -0.2) is 15.0 Å². The molecule has 0 saturated heterocycles. The predicted octanol–water partition coefficient (Wildman–Crippen LogP) is 11.7. The van der Waals surface area contributed by atoms with E-state index in [4.69, 9.17) is 19.4 Å². The summed E-state index contributed by atoms with van der Waals surface area (Å²) in [4.78, 5) is 14.7. The molecular formula is C47H31N3O. The molecule has 4 nitrogen and oxygen atoms in total. The monoisotopic (exact) mass is 653 g/mol. The Morgan fingerprint density at radius 2 is 1.10 bits per heavy atom. The van der Waals surface area contributed by atoms with E-state index < -0.39 is 0 Å². The summed E-state index contributed by atoms with van der Waals surface area (Å²) in [5, 5.41) is 3.63. The molecule has 2 unspecified atom stereocenters. The minimum absolute atomic E-state index is 0.0860. The van der Waals surface area contributed by atoms with Crippen molar-refractivity contribution in [2.24, 2.45) is 5.92 Å². The molecule has 0 saturated carbocycles. The molecule has 0 radical (unpaired) electrons. The molecule has 0 fully saturated rings. The topological polar surface area (TPSA) is 51.8 Å². The highest BCUT2D eigenvalue weighted by Crippen LogP contribution is 2.49. The fourth-order valence-corrected chi connectivity index (χ4v) is 7.55. The Morgan fingerprint density at radius 1 is 0.490 bits per heavy atom. The van der Waals surface area contributed by atoms with E-state index in [1.54, 1.807) is 0 Å². The molecule has 2 heterocycles. The van der Waals surface area contributed by atoms with Gasteiger partial charge in [-0.05, 0) is 51.2 Å². The van der Waals surface area contributed by atoms with Crippen LogP contribution >= 0.6 is 0 Å². The summed E-state index contributed by atoms with van der Waals surface area (Å²) >= 11 is 0. The van der Waals surface area contributed by atoms with E-state index in [9.17, 15) is 0 Å². The van der Waals surface area contributed by atoms with Crippen LogP contribution in [-0.4, -0.2) is 15.0 Å². The molecular weight excluding hydrogens is 623 g/mol. The van der Waals surface area contributed by atoms with Crippen LogP contribution in [-0.2, 0) is 0 Å². The smallest absolute Gasteiger partial charge is 0.164 e. The Hall–Kier alpha value is -6.65. The maximum Gasteiger partial charge on any atom is 0.164 e. The number of benzene rings is 6. The largest absolute Gasteiger partial charge is 0.460 e. The van der Waals surface area contributed by atoms with Crippen molar-refractivity contribution in [1.29, 1.82) is 0 Å². The van der Waals surface area contributed by atoms with Gasteiger partial charge in [-0.1, -0.05) is 158 Å². The normalized spacial score (nSPS) is 16.2. The number of rotatable bonds is 5. The maximum atomic E-state index is 6.85. The van der Waals surface area contributed by atoms with Gasteiger partial charge in [0.1, 0.15) is 11.3 Å². The summed E-state index contributed by atoms with van der Waals surface area (Å²) in [7, 11) is 0. The lowest BCUT2D eigenvalue weighted by atomic mass is 9.72. The summed E-state index contributed by atoms with van der Waals surface area (Å²) in [5.41, 5.74) is 9.68. The first-order chi connectivity index (χ1) is 25.2. The molecule has 2 aliphatic rings. The average molecular weight is 654 g/mol. The highest BCUT2D eigenvalue weighted by Gasteiger charge is 2.35. The van der Waals surface area contributed by atoms with Gasteiger partial charge >= 0.3 is 0 Å². The molecule has 240 valence electrons. The number of fused-ring (bicyclic) bond motifs is 5. The van der Waals surface area contributed by atoms with E-state index in [-0.39, 0.29) is 11.8 Å². The zero-order valence-corrected chi connectivity index (χ0v) is 27.6. The van der Waals surface area contributed by atoms with Crippen LogP contribution in [0.1, 0.15) is 22.8 Å². The molecule has 8 aromatic rings.